The minimum Gasteiger partial charge on any atom is -0.481 e. The molecule has 0 spiro atoms. The topological polar surface area (TPSA) is 69.6 Å². The lowest BCUT2D eigenvalue weighted by atomic mass is 10.4. The molecule has 1 rings (SSSR count). The van der Waals surface area contributed by atoms with E-state index in [2.05, 4.69) is 9.97 Å². The zero-order valence-electron chi connectivity index (χ0n) is 9.71. The summed E-state index contributed by atoms with van der Waals surface area (Å²) in [4.78, 5) is 22.3. The number of hydrogen-bond donors (Lipinski definition) is 1. The maximum Gasteiger partial charge on any atom is 0.305 e. The predicted octanol–water partition coefficient (Wildman–Crippen LogP) is 0.453. The summed E-state index contributed by atoms with van der Waals surface area (Å²) >= 11 is 0. The standard InChI is InChI=1S/C10H16N4O2/c1-13(2)8-6-9(12-7-11-8)14(3)5-4-10(15)16/h6-7H,4-5H2,1-3H3,(H,15,16). The Morgan fingerprint density at radius 1 is 1.31 bits per heavy atom. The number of hydrogen-bond acceptors (Lipinski definition) is 5. The van der Waals surface area contributed by atoms with Crippen molar-refractivity contribution >= 4 is 17.6 Å². The first kappa shape index (κ1) is 12.2. The molecule has 1 aromatic rings. The highest BCUT2D eigenvalue weighted by Gasteiger charge is 2.07. The van der Waals surface area contributed by atoms with Gasteiger partial charge >= 0.3 is 5.97 Å². The number of aliphatic carboxylic acids is 1. The van der Waals surface area contributed by atoms with Crippen molar-refractivity contribution in [3.05, 3.63) is 12.4 Å². The first-order valence-corrected chi connectivity index (χ1v) is 4.93. The molecule has 88 valence electrons. The largest absolute Gasteiger partial charge is 0.481 e. The summed E-state index contributed by atoms with van der Waals surface area (Å²) in [6.07, 6.45) is 1.57. The number of carboxylic acid groups (broad SMARTS) is 1. The summed E-state index contributed by atoms with van der Waals surface area (Å²) in [6, 6.07) is 1.82. The third-order valence-electron chi connectivity index (χ3n) is 2.15. The Kier molecular flexibility index (Phi) is 4.04. The molecule has 0 atom stereocenters. The molecular formula is C10H16N4O2. The Bertz CT molecular complexity index is 368. The van der Waals surface area contributed by atoms with Crippen molar-refractivity contribution in [3.8, 4) is 0 Å². The quantitative estimate of drug-likeness (QED) is 0.783. The van der Waals surface area contributed by atoms with Gasteiger partial charge in [-0.25, -0.2) is 9.97 Å². The Hall–Kier alpha value is -1.85. The highest BCUT2D eigenvalue weighted by molar-refractivity contribution is 5.67. The predicted molar refractivity (Wildman–Crippen MR) is 61.9 cm³/mol. The van der Waals surface area contributed by atoms with Gasteiger partial charge in [-0.1, -0.05) is 0 Å². The summed E-state index contributed by atoms with van der Waals surface area (Å²) in [7, 11) is 5.59. The van der Waals surface area contributed by atoms with E-state index in [9.17, 15) is 4.79 Å². The lowest BCUT2D eigenvalue weighted by Gasteiger charge is -2.18. The van der Waals surface area contributed by atoms with E-state index in [1.807, 2.05) is 32.1 Å². The summed E-state index contributed by atoms with van der Waals surface area (Å²) < 4.78 is 0. The van der Waals surface area contributed by atoms with Crippen molar-refractivity contribution in [2.24, 2.45) is 0 Å². The SMILES string of the molecule is CN(C)c1cc(N(C)CCC(=O)O)ncn1. The van der Waals surface area contributed by atoms with Crippen LogP contribution >= 0.6 is 0 Å². The molecule has 0 fully saturated rings. The molecule has 0 aromatic carbocycles. The first-order valence-electron chi connectivity index (χ1n) is 4.93. The van der Waals surface area contributed by atoms with Gasteiger partial charge in [-0.2, -0.15) is 0 Å². The number of aromatic nitrogens is 2. The fraction of sp³-hybridized carbons (Fsp3) is 0.500. The van der Waals surface area contributed by atoms with Gasteiger partial charge in [0.15, 0.2) is 0 Å². The van der Waals surface area contributed by atoms with Gasteiger partial charge in [0.2, 0.25) is 0 Å². The van der Waals surface area contributed by atoms with Crippen LogP contribution in [0.25, 0.3) is 0 Å². The number of carboxylic acids is 1. The van der Waals surface area contributed by atoms with Crippen molar-refractivity contribution in [1.29, 1.82) is 0 Å². The van der Waals surface area contributed by atoms with Crippen LogP contribution in [-0.2, 0) is 4.79 Å². The van der Waals surface area contributed by atoms with E-state index in [1.165, 1.54) is 6.33 Å². The monoisotopic (exact) mass is 224 g/mol. The van der Waals surface area contributed by atoms with Gasteiger partial charge < -0.3 is 14.9 Å². The van der Waals surface area contributed by atoms with E-state index in [4.69, 9.17) is 5.11 Å². The number of rotatable bonds is 5. The molecule has 0 aliphatic heterocycles. The van der Waals surface area contributed by atoms with E-state index in [-0.39, 0.29) is 6.42 Å². The van der Waals surface area contributed by atoms with Crippen molar-refractivity contribution in [2.45, 2.75) is 6.42 Å². The Morgan fingerprint density at radius 3 is 2.50 bits per heavy atom. The van der Waals surface area contributed by atoms with Gasteiger partial charge in [0.1, 0.15) is 18.0 Å². The molecule has 0 aliphatic carbocycles. The van der Waals surface area contributed by atoms with Gasteiger partial charge in [-0.05, 0) is 0 Å². The van der Waals surface area contributed by atoms with Crippen LogP contribution in [0, 0.1) is 0 Å². The van der Waals surface area contributed by atoms with E-state index < -0.39 is 5.97 Å². The van der Waals surface area contributed by atoms with Crippen LogP contribution in [0.15, 0.2) is 12.4 Å². The van der Waals surface area contributed by atoms with Crippen LogP contribution in [-0.4, -0.2) is 48.7 Å². The Morgan fingerprint density at radius 2 is 1.94 bits per heavy atom. The number of anilines is 2. The van der Waals surface area contributed by atoms with Crippen molar-refractivity contribution < 1.29 is 9.90 Å². The average Bonchev–Trinajstić information content (AvgIpc) is 2.26. The van der Waals surface area contributed by atoms with E-state index in [0.29, 0.717) is 6.54 Å². The molecule has 0 bridgehead atoms. The highest BCUT2D eigenvalue weighted by atomic mass is 16.4. The van der Waals surface area contributed by atoms with E-state index in [1.54, 1.807) is 4.90 Å². The Balaban J connectivity index is 2.71. The second kappa shape index (κ2) is 5.29. The normalized spacial score (nSPS) is 9.94. The second-order valence-electron chi connectivity index (χ2n) is 3.69. The van der Waals surface area contributed by atoms with Crippen LogP contribution in [0.2, 0.25) is 0 Å². The molecule has 0 saturated carbocycles. The molecule has 6 heteroatoms. The maximum absolute atomic E-state index is 10.4. The molecule has 1 aromatic heterocycles. The van der Waals surface area contributed by atoms with Gasteiger partial charge in [0.05, 0.1) is 6.42 Å². The average molecular weight is 224 g/mol. The summed E-state index contributed by atoms with van der Waals surface area (Å²) in [6.45, 7) is 0.430. The molecule has 1 heterocycles. The maximum atomic E-state index is 10.4. The van der Waals surface area contributed by atoms with Crippen molar-refractivity contribution in [1.82, 2.24) is 9.97 Å². The molecule has 0 unspecified atom stereocenters. The fourth-order valence-corrected chi connectivity index (χ4v) is 1.17. The van der Waals surface area contributed by atoms with E-state index >= 15 is 0 Å². The third-order valence-corrected chi connectivity index (χ3v) is 2.15. The molecule has 1 N–H and O–H groups in total. The molecule has 0 saturated heterocycles. The van der Waals surface area contributed by atoms with Gasteiger partial charge in [-0.15, -0.1) is 0 Å². The second-order valence-corrected chi connectivity index (χ2v) is 3.69. The zero-order chi connectivity index (χ0) is 12.1. The zero-order valence-corrected chi connectivity index (χ0v) is 9.71. The first-order chi connectivity index (χ1) is 7.50. The minimum atomic E-state index is -0.811. The highest BCUT2D eigenvalue weighted by Crippen LogP contribution is 2.14. The van der Waals surface area contributed by atoms with Gasteiger partial charge in [-0.3, -0.25) is 4.79 Å². The summed E-state index contributed by atoms with van der Waals surface area (Å²) in [5.74, 6) is 0.709. The Labute approximate surface area is 94.5 Å². The van der Waals surface area contributed by atoms with Crippen LogP contribution in [0.3, 0.4) is 0 Å². The lowest BCUT2D eigenvalue weighted by Crippen LogP contribution is -2.22. The van der Waals surface area contributed by atoms with E-state index in [0.717, 1.165) is 11.6 Å². The molecular weight excluding hydrogens is 208 g/mol. The molecule has 0 radical (unpaired) electrons. The van der Waals surface area contributed by atoms with Gasteiger partial charge in [0, 0.05) is 33.8 Å². The summed E-state index contributed by atoms with van der Waals surface area (Å²) in [5.41, 5.74) is 0. The lowest BCUT2D eigenvalue weighted by molar-refractivity contribution is -0.136. The molecule has 16 heavy (non-hydrogen) atoms. The molecule has 0 aliphatic rings. The van der Waals surface area contributed by atoms with Crippen molar-refractivity contribution in [2.75, 3.05) is 37.5 Å². The molecule has 6 nitrogen and oxygen atoms in total. The smallest absolute Gasteiger partial charge is 0.305 e. The van der Waals surface area contributed by atoms with Crippen LogP contribution < -0.4 is 9.80 Å². The third kappa shape index (κ3) is 3.38. The van der Waals surface area contributed by atoms with Gasteiger partial charge in [0.25, 0.3) is 0 Å². The van der Waals surface area contributed by atoms with Crippen LogP contribution in [0.4, 0.5) is 11.6 Å². The van der Waals surface area contributed by atoms with Crippen molar-refractivity contribution in [3.63, 3.8) is 0 Å². The number of nitrogens with zero attached hydrogens (tertiary/aromatic N) is 4. The number of carbonyl (C=O) groups is 1. The van der Waals surface area contributed by atoms with Crippen LogP contribution in [0.5, 0.6) is 0 Å². The minimum absolute atomic E-state index is 0.0950. The summed E-state index contributed by atoms with van der Waals surface area (Å²) in [5, 5.41) is 8.58. The molecule has 0 amide bonds. The van der Waals surface area contributed by atoms with Crippen LogP contribution in [0.1, 0.15) is 6.42 Å². The fourth-order valence-electron chi connectivity index (χ4n) is 1.17.